The van der Waals surface area contributed by atoms with Gasteiger partial charge in [-0.05, 0) is 39.5 Å². The Morgan fingerprint density at radius 2 is 2.00 bits per heavy atom. The molecule has 1 rings (SSSR count). The zero-order valence-electron chi connectivity index (χ0n) is 11.9. The maximum Gasteiger partial charge on any atom is 0.411 e. The lowest BCUT2D eigenvalue weighted by atomic mass is 9.93. The van der Waals surface area contributed by atoms with Crippen molar-refractivity contribution in [2.75, 3.05) is 12.6 Å². The fourth-order valence-electron chi connectivity index (χ4n) is 2.05. The first kappa shape index (κ1) is 16.1. The third-order valence-electron chi connectivity index (χ3n) is 2.96. The van der Waals surface area contributed by atoms with Crippen LogP contribution < -0.4 is 0 Å². The third kappa shape index (κ3) is 4.90. The minimum Gasteiger partial charge on any atom is -0.448 e. The number of amides is 1. The van der Waals surface area contributed by atoms with Gasteiger partial charge in [0.2, 0.25) is 0 Å². The van der Waals surface area contributed by atoms with Crippen LogP contribution in [0.15, 0.2) is 0 Å². The number of carbonyl (C=O) groups is 2. The molecule has 0 aliphatic carbocycles. The fourth-order valence-corrected chi connectivity index (χ4v) is 2.16. The number of esters is 1. The third-order valence-corrected chi connectivity index (χ3v) is 3.07. The molecule has 0 saturated carbocycles. The van der Waals surface area contributed by atoms with E-state index in [0.29, 0.717) is 18.9 Å². The molecule has 5 nitrogen and oxygen atoms in total. The van der Waals surface area contributed by atoms with E-state index in [0.717, 1.165) is 6.42 Å². The van der Waals surface area contributed by atoms with Gasteiger partial charge in [-0.3, -0.25) is 4.90 Å². The number of alkyl halides is 1. The molecule has 1 fully saturated rings. The summed E-state index contributed by atoms with van der Waals surface area (Å²) in [5.41, 5.74) is -0.582. The average Bonchev–Trinajstić information content (AvgIpc) is 2.26. The maximum absolute atomic E-state index is 12.1. The predicted octanol–water partition coefficient (Wildman–Crippen LogP) is 2.76. The Morgan fingerprint density at radius 1 is 1.37 bits per heavy atom. The van der Waals surface area contributed by atoms with E-state index in [1.807, 2.05) is 6.92 Å². The standard InChI is InChI=1S/C13H22ClNO4/c1-9-5-6-15(12(17)19-13(2,3)4)10(7-9)11(16)18-8-14/h9-10H,5-8H2,1-4H3. The summed E-state index contributed by atoms with van der Waals surface area (Å²) in [6.45, 7) is 7.93. The van der Waals surface area contributed by atoms with Crippen molar-refractivity contribution < 1.29 is 19.1 Å². The molecule has 6 heteroatoms. The van der Waals surface area contributed by atoms with Crippen LogP contribution in [0.3, 0.4) is 0 Å². The molecule has 110 valence electrons. The second kappa shape index (κ2) is 6.46. The molecular weight excluding hydrogens is 270 g/mol. The summed E-state index contributed by atoms with van der Waals surface area (Å²) >= 11 is 5.41. The number of piperidine rings is 1. The number of halogens is 1. The van der Waals surface area contributed by atoms with Crippen LogP contribution in [0.4, 0.5) is 4.79 Å². The topological polar surface area (TPSA) is 55.8 Å². The Bertz CT molecular complexity index is 340. The van der Waals surface area contributed by atoms with E-state index in [1.165, 1.54) is 4.90 Å². The SMILES string of the molecule is CC1CCN(C(=O)OC(C)(C)C)C(C(=O)OCCl)C1. The van der Waals surface area contributed by atoms with Crippen molar-refractivity contribution in [1.82, 2.24) is 4.90 Å². The number of rotatable bonds is 2. The Labute approximate surface area is 119 Å². The fraction of sp³-hybridized carbons (Fsp3) is 0.846. The van der Waals surface area contributed by atoms with Crippen molar-refractivity contribution >= 4 is 23.7 Å². The quantitative estimate of drug-likeness (QED) is 0.580. The molecule has 0 N–H and O–H groups in total. The van der Waals surface area contributed by atoms with Crippen molar-refractivity contribution in [1.29, 1.82) is 0 Å². The minimum absolute atomic E-state index is 0.203. The summed E-state index contributed by atoms with van der Waals surface area (Å²) in [7, 11) is 0. The van der Waals surface area contributed by atoms with E-state index in [1.54, 1.807) is 20.8 Å². The highest BCUT2D eigenvalue weighted by Crippen LogP contribution is 2.25. The summed E-state index contributed by atoms with van der Waals surface area (Å²) in [6, 6.07) is -0.802. The lowest BCUT2D eigenvalue weighted by Gasteiger charge is -2.37. The molecule has 2 atom stereocenters. The van der Waals surface area contributed by atoms with Crippen LogP contribution in [-0.2, 0) is 14.3 Å². The molecule has 0 bridgehead atoms. The van der Waals surface area contributed by atoms with Crippen LogP contribution in [0.5, 0.6) is 0 Å². The molecule has 1 amide bonds. The predicted molar refractivity (Wildman–Crippen MR) is 71.9 cm³/mol. The Kier molecular flexibility index (Phi) is 5.47. The molecule has 0 aromatic heterocycles. The van der Waals surface area contributed by atoms with Crippen molar-refractivity contribution in [2.45, 2.75) is 52.2 Å². The monoisotopic (exact) mass is 291 g/mol. The lowest BCUT2D eigenvalue weighted by Crippen LogP contribution is -2.51. The smallest absolute Gasteiger partial charge is 0.411 e. The number of ether oxygens (including phenoxy) is 2. The number of nitrogens with zero attached hydrogens (tertiary/aromatic N) is 1. The molecular formula is C13H22ClNO4. The lowest BCUT2D eigenvalue weighted by molar-refractivity contribution is -0.149. The summed E-state index contributed by atoms with van der Waals surface area (Å²) in [6.07, 6.45) is 0.953. The molecule has 1 saturated heterocycles. The van der Waals surface area contributed by atoms with Gasteiger partial charge in [0.15, 0.2) is 6.07 Å². The van der Waals surface area contributed by atoms with Gasteiger partial charge in [-0.2, -0.15) is 0 Å². The molecule has 0 spiro atoms. The van der Waals surface area contributed by atoms with E-state index >= 15 is 0 Å². The zero-order valence-corrected chi connectivity index (χ0v) is 12.7. The number of likely N-dealkylation sites (tertiary alicyclic amines) is 1. The summed E-state index contributed by atoms with van der Waals surface area (Å²) in [5.74, 6) is -0.0982. The van der Waals surface area contributed by atoms with Gasteiger partial charge < -0.3 is 9.47 Å². The first-order chi connectivity index (χ1) is 8.74. The van der Waals surface area contributed by atoms with Gasteiger partial charge in [0, 0.05) is 6.54 Å². The summed E-state index contributed by atoms with van der Waals surface area (Å²) in [5, 5.41) is 0. The summed E-state index contributed by atoms with van der Waals surface area (Å²) in [4.78, 5) is 25.4. The first-order valence-corrected chi connectivity index (χ1v) is 7.00. The van der Waals surface area contributed by atoms with E-state index in [9.17, 15) is 9.59 Å². The number of hydrogen-bond acceptors (Lipinski definition) is 4. The molecule has 19 heavy (non-hydrogen) atoms. The van der Waals surface area contributed by atoms with Crippen molar-refractivity contribution in [3.05, 3.63) is 0 Å². The van der Waals surface area contributed by atoms with Crippen molar-refractivity contribution in [3.8, 4) is 0 Å². The van der Waals surface area contributed by atoms with E-state index in [-0.39, 0.29) is 6.07 Å². The zero-order chi connectivity index (χ0) is 14.6. The second-order valence-electron chi connectivity index (χ2n) is 5.89. The van der Waals surface area contributed by atoms with E-state index < -0.39 is 23.7 Å². The van der Waals surface area contributed by atoms with Crippen LogP contribution in [0.25, 0.3) is 0 Å². The molecule has 2 unspecified atom stereocenters. The first-order valence-electron chi connectivity index (χ1n) is 6.47. The Morgan fingerprint density at radius 3 is 2.53 bits per heavy atom. The minimum atomic E-state index is -0.600. The molecule has 0 aromatic rings. The van der Waals surface area contributed by atoms with Crippen molar-refractivity contribution in [2.24, 2.45) is 5.92 Å². The molecule has 0 aromatic carbocycles. The van der Waals surface area contributed by atoms with E-state index in [2.05, 4.69) is 0 Å². The molecule has 1 aliphatic heterocycles. The van der Waals surface area contributed by atoms with E-state index in [4.69, 9.17) is 21.1 Å². The number of carbonyl (C=O) groups excluding carboxylic acids is 2. The normalized spacial score (nSPS) is 23.9. The number of hydrogen-bond donors (Lipinski definition) is 0. The van der Waals surface area contributed by atoms with Gasteiger partial charge in [-0.1, -0.05) is 18.5 Å². The van der Waals surface area contributed by atoms with Crippen LogP contribution in [0.1, 0.15) is 40.5 Å². The maximum atomic E-state index is 12.1. The highest BCUT2D eigenvalue weighted by molar-refractivity contribution is 6.17. The Hall–Kier alpha value is -0.970. The van der Waals surface area contributed by atoms with Gasteiger partial charge in [0.25, 0.3) is 0 Å². The van der Waals surface area contributed by atoms with Gasteiger partial charge in [-0.25, -0.2) is 9.59 Å². The molecule has 1 aliphatic rings. The van der Waals surface area contributed by atoms with Gasteiger partial charge >= 0.3 is 12.1 Å². The molecule has 1 heterocycles. The van der Waals surface area contributed by atoms with Gasteiger partial charge in [0.1, 0.15) is 11.6 Å². The average molecular weight is 292 g/mol. The van der Waals surface area contributed by atoms with Crippen LogP contribution in [0.2, 0.25) is 0 Å². The largest absolute Gasteiger partial charge is 0.448 e. The Balaban J connectivity index is 2.77. The highest BCUT2D eigenvalue weighted by Gasteiger charge is 2.37. The van der Waals surface area contributed by atoms with Crippen molar-refractivity contribution in [3.63, 3.8) is 0 Å². The van der Waals surface area contributed by atoms with Crippen LogP contribution in [0, 0.1) is 5.92 Å². The van der Waals surface area contributed by atoms with Gasteiger partial charge in [0.05, 0.1) is 0 Å². The van der Waals surface area contributed by atoms with Crippen LogP contribution in [-0.4, -0.2) is 41.2 Å². The molecule has 0 radical (unpaired) electrons. The second-order valence-corrected chi connectivity index (χ2v) is 6.11. The summed E-state index contributed by atoms with van der Waals surface area (Å²) < 4.78 is 10.1. The van der Waals surface area contributed by atoms with Gasteiger partial charge in [-0.15, -0.1) is 0 Å². The van der Waals surface area contributed by atoms with Crippen LogP contribution >= 0.6 is 11.6 Å². The highest BCUT2D eigenvalue weighted by atomic mass is 35.5.